The van der Waals surface area contributed by atoms with Crippen LogP contribution in [0.15, 0.2) is 0 Å². The topological polar surface area (TPSA) is 75.6 Å². The van der Waals surface area contributed by atoms with Crippen LogP contribution < -0.4 is 0 Å². The lowest BCUT2D eigenvalue weighted by Gasteiger charge is -2.32. The first-order valence-electron chi connectivity index (χ1n) is 9.97. The third-order valence-electron chi connectivity index (χ3n) is 5.57. The van der Waals surface area contributed by atoms with Gasteiger partial charge in [0.05, 0.1) is 19.6 Å². The fourth-order valence-electron chi connectivity index (χ4n) is 3.92. The van der Waals surface area contributed by atoms with Gasteiger partial charge in [0.15, 0.2) is 0 Å². The number of aromatic nitrogens is 2. The highest BCUT2D eigenvalue weighted by atomic mass is 16.5. The second-order valence-electron chi connectivity index (χ2n) is 7.43. The molecule has 2 fully saturated rings. The van der Waals surface area contributed by atoms with Crippen LogP contribution in [-0.4, -0.2) is 71.0 Å². The first-order valence-corrected chi connectivity index (χ1v) is 9.97. The van der Waals surface area contributed by atoms with Crippen molar-refractivity contribution < 1.29 is 14.3 Å². The number of hydrogen-bond acceptors (Lipinski definition) is 5. The Morgan fingerprint density at radius 1 is 1.04 bits per heavy atom. The van der Waals surface area contributed by atoms with E-state index >= 15 is 0 Å². The Morgan fingerprint density at radius 3 is 2.33 bits per heavy atom. The summed E-state index contributed by atoms with van der Waals surface area (Å²) in [5.74, 6) is 1.29. The van der Waals surface area contributed by atoms with Crippen LogP contribution in [0.2, 0.25) is 0 Å². The summed E-state index contributed by atoms with van der Waals surface area (Å²) >= 11 is 0. The van der Waals surface area contributed by atoms with Crippen molar-refractivity contribution in [1.29, 1.82) is 0 Å². The molecule has 2 aliphatic heterocycles. The van der Waals surface area contributed by atoms with Crippen LogP contribution in [0.25, 0.3) is 0 Å². The molecule has 3 heterocycles. The van der Waals surface area contributed by atoms with Crippen molar-refractivity contribution in [3.63, 3.8) is 0 Å². The van der Waals surface area contributed by atoms with Gasteiger partial charge in [-0.15, -0.1) is 0 Å². The number of morpholine rings is 1. The van der Waals surface area contributed by atoms with E-state index in [0.29, 0.717) is 45.7 Å². The van der Waals surface area contributed by atoms with Crippen LogP contribution in [0.3, 0.4) is 0 Å². The van der Waals surface area contributed by atoms with Crippen molar-refractivity contribution >= 4 is 11.8 Å². The molecule has 0 spiro atoms. The molecule has 0 bridgehead atoms. The van der Waals surface area contributed by atoms with Crippen LogP contribution in [0.5, 0.6) is 0 Å². The molecule has 7 heteroatoms. The molecule has 0 aliphatic carbocycles. The van der Waals surface area contributed by atoms with Gasteiger partial charge < -0.3 is 14.5 Å². The maximum atomic E-state index is 12.6. The number of hydrogen-bond donors (Lipinski definition) is 0. The number of aryl methyl sites for hydroxylation is 2. The van der Waals surface area contributed by atoms with E-state index in [1.54, 1.807) is 0 Å². The predicted octanol–water partition coefficient (Wildman–Crippen LogP) is 1.61. The Hall–Kier alpha value is -2.02. The van der Waals surface area contributed by atoms with Gasteiger partial charge in [0, 0.05) is 55.5 Å². The number of piperidine rings is 1. The number of rotatable bonds is 4. The fourth-order valence-corrected chi connectivity index (χ4v) is 3.92. The van der Waals surface area contributed by atoms with Gasteiger partial charge in [0.2, 0.25) is 11.8 Å². The lowest BCUT2D eigenvalue weighted by Crippen LogP contribution is -2.41. The molecular formula is C20H30N4O3. The maximum Gasteiger partial charge on any atom is 0.227 e. The Labute approximate surface area is 161 Å². The third kappa shape index (κ3) is 4.64. The molecule has 3 rings (SSSR count). The Kier molecular flexibility index (Phi) is 6.42. The van der Waals surface area contributed by atoms with Crippen molar-refractivity contribution in [3.8, 4) is 0 Å². The predicted molar refractivity (Wildman–Crippen MR) is 101 cm³/mol. The molecule has 27 heavy (non-hydrogen) atoms. The first-order chi connectivity index (χ1) is 13.0. The van der Waals surface area contributed by atoms with E-state index in [4.69, 9.17) is 14.7 Å². The lowest BCUT2D eigenvalue weighted by atomic mass is 9.96. The molecule has 0 saturated carbocycles. The van der Waals surface area contributed by atoms with Gasteiger partial charge in [0.1, 0.15) is 5.82 Å². The molecule has 1 aromatic rings. The summed E-state index contributed by atoms with van der Waals surface area (Å²) in [5.41, 5.74) is 2.67. The van der Waals surface area contributed by atoms with E-state index in [-0.39, 0.29) is 17.7 Å². The highest BCUT2D eigenvalue weighted by molar-refractivity contribution is 5.79. The monoisotopic (exact) mass is 374 g/mol. The Morgan fingerprint density at radius 2 is 1.70 bits per heavy atom. The SMILES string of the molecule is CCC(=O)N1CCC[C@@H](c2nc(C)c(CC(=O)N3CCOCC3)c(C)n2)C1. The minimum absolute atomic E-state index is 0.109. The fraction of sp³-hybridized carbons (Fsp3) is 0.700. The highest BCUT2D eigenvalue weighted by Crippen LogP contribution is 2.26. The van der Waals surface area contributed by atoms with Crippen molar-refractivity contribution in [3.05, 3.63) is 22.8 Å². The quantitative estimate of drug-likeness (QED) is 0.800. The van der Waals surface area contributed by atoms with E-state index in [9.17, 15) is 9.59 Å². The van der Waals surface area contributed by atoms with Crippen LogP contribution >= 0.6 is 0 Å². The molecule has 0 aromatic carbocycles. The minimum Gasteiger partial charge on any atom is -0.378 e. The lowest BCUT2D eigenvalue weighted by molar-refractivity contribution is -0.134. The molecule has 1 aromatic heterocycles. The van der Waals surface area contributed by atoms with Crippen LogP contribution in [0.1, 0.15) is 54.9 Å². The summed E-state index contributed by atoms with van der Waals surface area (Å²) in [6, 6.07) is 0. The van der Waals surface area contributed by atoms with Gasteiger partial charge in [-0.3, -0.25) is 9.59 Å². The van der Waals surface area contributed by atoms with Crippen LogP contribution in [-0.2, 0) is 20.7 Å². The summed E-state index contributed by atoms with van der Waals surface area (Å²) in [4.78, 5) is 37.9. The van der Waals surface area contributed by atoms with Gasteiger partial charge in [-0.1, -0.05) is 6.92 Å². The summed E-state index contributed by atoms with van der Waals surface area (Å²) in [5, 5.41) is 0. The molecule has 0 radical (unpaired) electrons. The second kappa shape index (κ2) is 8.78. The minimum atomic E-state index is 0.109. The standard InChI is InChI=1S/C20H30N4O3/c1-4-18(25)24-7-5-6-16(13-24)20-21-14(2)17(15(3)22-20)12-19(26)23-8-10-27-11-9-23/h16H,4-13H2,1-3H3/t16-/m1/s1. The summed E-state index contributed by atoms with van der Waals surface area (Å²) in [7, 11) is 0. The maximum absolute atomic E-state index is 12.6. The van der Waals surface area contributed by atoms with Crippen molar-refractivity contribution in [2.75, 3.05) is 39.4 Å². The average Bonchev–Trinajstić information content (AvgIpc) is 2.70. The van der Waals surface area contributed by atoms with E-state index in [1.165, 1.54) is 0 Å². The summed E-state index contributed by atoms with van der Waals surface area (Å²) in [6.07, 6.45) is 2.85. The third-order valence-corrected chi connectivity index (χ3v) is 5.57. The largest absolute Gasteiger partial charge is 0.378 e. The zero-order valence-electron chi connectivity index (χ0n) is 16.7. The van der Waals surface area contributed by atoms with Crippen LogP contribution in [0.4, 0.5) is 0 Å². The zero-order valence-corrected chi connectivity index (χ0v) is 16.7. The highest BCUT2D eigenvalue weighted by Gasteiger charge is 2.27. The number of nitrogens with zero attached hydrogens (tertiary/aromatic N) is 4. The van der Waals surface area contributed by atoms with Crippen molar-refractivity contribution in [2.45, 2.75) is 52.4 Å². The molecule has 2 amide bonds. The summed E-state index contributed by atoms with van der Waals surface area (Å²) < 4.78 is 5.32. The number of carbonyl (C=O) groups is 2. The number of amides is 2. The second-order valence-corrected chi connectivity index (χ2v) is 7.43. The average molecular weight is 374 g/mol. The Balaban J connectivity index is 1.72. The molecule has 0 N–H and O–H groups in total. The van der Waals surface area contributed by atoms with Crippen molar-refractivity contribution in [1.82, 2.24) is 19.8 Å². The smallest absolute Gasteiger partial charge is 0.227 e. The molecule has 7 nitrogen and oxygen atoms in total. The molecular weight excluding hydrogens is 344 g/mol. The molecule has 2 aliphatic rings. The van der Waals surface area contributed by atoms with Gasteiger partial charge >= 0.3 is 0 Å². The van der Waals surface area contributed by atoms with E-state index in [1.807, 2.05) is 30.6 Å². The number of ether oxygens (including phenoxy) is 1. The van der Waals surface area contributed by atoms with Gasteiger partial charge in [-0.25, -0.2) is 9.97 Å². The van der Waals surface area contributed by atoms with E-state index in [2.05, 4.69) is 0 Å². The first kappa shape index (κ1) is 19.7. The van der Waals surface area contributed by atoms with Gasteiger partial charge in [-0.05, 0) is 26.7 Å². The molecule has 0 unspecified atom stereocenters. The number of likely N-dealkylation sites (tertiary alicyclic amines) is 1. The zero-order chi connectivity index (χ0) is 19.4. The molecule has 148 valence electrons. The van der Waals surface area contributed by atoms with Gasteiger partial charge in [0.25, 0.3) is 0 Å². The van der Waals surface area contributed by atoms with E-state index < -0.39 is 0 Å². The van der Waals surface area contributed by atoms with Gasteiger partial charge in [-0.2, -0.15) is 0 Å². The molecule has 2 saturated heterocycles. The molecule has 1 atom stereocenters. The van der Waals surface area contributed by atoms with Crippen LogP contribution in [0, 0.1) is 13.8 Å². The van der Waals surface area contributed by atoms with Crippen molar-refractivity contribution in [2.24, 2.45) is 0 Å². The summed E-state index contributed by atoms with van der Waals surface area (Å²) in [6.45, 7) is 9.85. The normalized spacial score (nSPS) is 20.6. The van der Waals surface area contributed by atoms with E-state index in [0.717, 1.165) is 42.2 Å². The Bertz CT molecular complexity index is 677. The number of carbonyl (C=O) groups excluding carboxylic acids is 2.